The monoisotopic (exact) mass is 283 g/mol. The Morgan fingerprint density at radius 2 is 2.11 bits per heavy atom. The molecule has 0 bridgehead atoms. The van der Waals surface area contributed by atoms with Crippen molar-refractivity contribution in [3.8, 4) is 6.07 Å². The Kier molecular flexibility index (Phi) is 3.11. The van der Waals surface area contributed by atoms with Gasteiger partial charge in [-0.3, -0.25) is 4.79 Å². The van der Waals surface area contributed by atoms with E-state index in [1.165, 1.54) is 24.3 Å². The summed E-state index contributed by atoms with van der Waals surface area (Å²) in [5, 5.41) is 8.86. The van der Waals surface area contributed by atoms with Crippen molar-refractivity contribution in [2.45, 2.75) is 11.3 Å². The minimum atomic E-state index is -3.82. The summed E-state index contributed by atoms with van der Waals surface area (Å²) in [5.74, 6) is -0.431. The van der Waals surface area contributed by atoms with Crippen molar-refractivity contribution in [1.82, 2.24) is 0 Å². The maximum Gasteiger partial charge on any atom is 0.261 e. The molecule has 0 saturated carbocycles. The summed E-state index contributed by atoms with van der Waals surface area (Å²) in [5.41, 5.74) is 0.361. The minimum absolute atomic E-state index is 0.0238. The molecule has 0 aliphatic carbocycles. The van der Waals surface area contributed by atoms with Gasteiger partial charge in [0, 0.05) is 16.1 Å². The maximum atomic E-state index is 11.4. The van der Waals surface area contributed by atoms with Crippen LogP contribution in [0.4, 0.5) is 0 Å². The first kappa shape index (κ1) is 12.6. The summed E-state index contributed by atoms with van der Waals surface area (Å²) in [6, 6.07) is 7.11. The molecule has 0 saturated heterocycles. The number of fused-ring (bicyclic) bond motifs is 1. The first-order valence-corrected chi connectivity index (χ1v) is 7.11. The van der Waals surface area contributed by atoms with Crippen LogP contribution in [0, 0.1) is 11.3 Å². The van der Waals surface area contributed by atoms with E-state index in [0.29, 0.717) is 11.0 Å². The molecule has 0 unspecified atom stereocenters. The van der Waals surface area contributed by atoms with Gasteiger partial charge in [-0.1, -0.05) is 0 Å². The quantitative estimate of drug-likeness (QED) is 0.638. The van der Waals surface area contributed by atoms with E-state index in [1.807, 2.05) is 0 Å². The summed E-state index contributed by atoms with van der Waals surface area (Å²) >= 11 is 0. The van der Waals surface area contributed by atoms with Crippen molar-refractivity contribution in [1.29, 1.82) is 5.26 Å². The number of Topliss-reactive ketones (excluding diaryl/α,β-unsaturated/α-hetero) is 1. The first-order chi connectivity index (χ1) is 8.41. The van der Waals surface area contributed by atoms with Crippen molar-refractivity contribution < 1.29 is 17.6 Å². The van der Waals surface area contributed by atoms with Gasteiger partial charge < -0.3 is 4.42 Å². The lowest BCUT2D eigenvalue weighted by Gasteiger charge is -1.94. The fourth-order valence-electron chi connectivity index (χ4n) is 1.47. The van der Waals surface area contributed by atoms with Crippen LogP contribution < -0.4 is 0 Å². The number of ketones is 1. The lowest BCUT2D eigenvalue weighted by molar-refractivity contribution is 0.0973. The highest BCUT2D eigenvalue weighted by molar-refractivity contribution is 8.13. The molecule has 1 aromatic carbocycles. The molecular weight excluding hydrogens is 278 g/mol. The van der Waals surface area contributed by atoms with Crippen LogP contribution in [0.2, 0.25) is 0 Å². The second-order valence-electron chi connectivity index (χ2n) is 3.51. The predicted molar refractivity (Wildman–Crippen MR) is 63.8 cm³/mol. The number of hydrogen-bond donors (Lipinski definition) is 0. The maximum absolute atomic E-state index is 11.4. The molecule has 5 nitrogen and oxygen atoms in total. The van der Waals surface area contributed by atoms with Crippen LogP contribution in [0.15, 0.2) is 33.6 Å². The van der Waals surface area contributed by atoms with Crippen LogP contribution >= 0.6 is 10.7 Å². The molecule has 0 amide bonds. The summed E-state index contributed by atoms with van der Waals surface area (Å²) in [7, 11) is 1.39. The van der Waals surface area contributed by atoms with Gasteiger partial charge >= 0.3 is 0 Å². The molecule has 7 heteroatoms. The zero-order valence-corrected chi connectivity index (χ0v) is 10.5. The number of furan rings is 1. The third-order valence-electron chi connectivity index (χ3n) is 2.28. The first-order valence-electron chi connectivity index (χ1n) is 4.80. The van der Waals surface area contributed by atoms with Gasteiger partial charge in [0.2, 0.25) is 5.78 Å². The average Bonchev–Trinajstić information content (AvgIpc) is 2.70. The van der Waals surface area contributed by atoms with E-state index in [-0.39, 0.29) is 17.1 Å². The molecule has 0 spiro atoms. The summed E-state index contributed by atoms with van der Waals surface area (Å²) in [6.07, 6.45) is -0.291. The average molecular weight is 284 g/mol. The second kappa shape index (κ2) is 4.44. The molecule has 0 radical (unpaired) electrons. The van der Waals surface area contributed by atoms with Gasteiger partial charge in [0.15, 0.2) is 5.76 Å². The number of carbonyl (C=O) groups excluding carboxylic acids is 1. The number of halogens is 1. The van der Waals surface area contributed by atoms with Crippen molar-refractivity contribution in [2.75, 3.05) is 0 Å². The van der Waals surface area contributed by atoms with Crippen molar-refractivity contribution in [3.05, 3.63) is 30.0 Å². The molecule has 1 heterocycles. The Hall–Kier alpha value is -1.84. The standard InChI is InChI=1S/C11H6ClNO4S/c12-18(15,16)8-1-2-10-7(5-8)6-11(17-10)9(14)3-4-13/h1-2,5-6H,3H2. The topological polar surface area (TPSA) is 88.1 Å². The molecule has 0 aliphatic heterocycles. The Labute approximate surface area is 107 Å². The Morgan fingerprint density at radius 1 is 1.39 bits per heavy atom. The van der Waals surface area contributed by atoms with Crippen molar-refractivity contribution >= 4 is 36.5 Å². The highest BCUT2D eigenvalue weighted by atomic mass is 35.7. The predicted octanol–water partition coefficient (Wildman–Crippen LogP) is 2.46. The highest BCUT2D eigenvalue weighted by Gasteiger charge is 2.15. The number of benzene rings is 1. The molecule has 0 fully saturated rings. The van der Waals surface area contributed by atoms with Crippen LogP contribution in [0.3, 0.4) is 0 Å². The fourth-order valence-corrected chi connectivity index (χ4v) is 2.26. The van der Waals surface area contributed by atoms with Gasteiger partial charge in [0.05, 0.1) is 11.0 Å². The molecule has 1 aromatic heterocycles. The molecule has 0 N–H and O–H groups in total. The molecule has 0 aliphatic rings. The minimum Gasteiger partial charge on any atom is -0.453 e. The normalized spacial score (nSPS) is 11.3. The summed E-state index contributed by atoms with van der Waals surface area (Å²) < 4.78 is 27.5. The van der Waals surface area contributed by atoms with Crippen molar-refractivity contribution in [3.63, 3.8) is 0 Å². The van der Waals surface area contributed by atoms with Crippen LogP contribution in [0.25, 0.3) is 11.0 Å². The van der Waals surface area contributed by atoms with Crippen LogP contribution in [-0.4, -0.2) is 14.2 Å². The van der Waals surface area contributed by atoms with Gasteiger partial charge in [-0.25, -0.2) is 8.42 Å². The van der Waals surface area contributed by atoms with Gasteiger partial charge in [-0.15, -0.1) is 0 Å². The number of carbonyl (C=O) groups is 1. The molecule has 2 aromatic rings. The lowest BCUT2D eigenvalue weighted by Crippen LogP contribution is -1.93. The van der Waals surface area contributed by atoms with E-state index in [4.69, 9.17) is 20.4 Å². The van der Waals surface area contributed by atoms with E-state index in [0.717, 1.165) is 0 Å². The number of nitrogens with zero attached hydrogens (tertiary/aromatic N) is 1. The van der Waals surface area contributed by atoms with Gasteiger partial charge in [-0.05, 0) is 24.3 Å². The van der Waals surface area contributed by atoms with E-state index in [9.17, 15) is 13.2 Å². The van der Waals surface area contributed by atoms with Gasteiger partial charge in [-0.2, -0.15) is 5.26 Å². The van der Waals surface area contributed by atoms with E-state index < -0.39 is 14.8 Å². The number of hydrogen-bond acceptors (Lipinski definition) is 5. The Bertz CT molecular complexity index is 770. The molecule has 2 rings (SSSR count). The SMILES string of the molecule is N#CCC(=O)c1cc2cc(S(=O)(=O)Cl)ccc2o1. The largest absolute Gasteiger partial charge is 0.453 e. The summed E-state index contributed by atoms with van der Waals surface area (Å²) in [6.45, 7) is 0. The third kappa shape index (κ3) is 2.37. The Balaban J connectivity index is 2.53. The van der Waals surface area contributed by atoms with Gasteiger partial charge in [0.25, 0.3) is 9.05 Å². The molecule has 92 valence electrons. The van der Waals surface area contributed by atoms with E-state index >= 15 is 0 Å². The van der Waals surface area contributed by atoms with E-state index in [2.05, 4.69) is 0 Å². The number of rotatable bonds is 3. The number of nitriles is 1. The summed E-state index contributed by atoms with van der Waals surface area (Å²) in [4.78, 5) is 11.4. The zero-order valence-electron chi connectivity index (χ0n) is 8.88. The third-order valence-corrected chi connectivity index (χ3v) is 3.64. The molecule has 18 heavy (non-hydrogen) atoms. The second-order valence-corrected chi connectivity index (χ2v) is 6.07. The van der Waals surface area contributed by atoms with Crippen LogP contribution in [0.5, 0.6) is 0 Å². The van der Waals surface area contributed by atoms with Crippen LogP contribution in [-0.2, 0) is 9.05 Å². The lowest BCUT2D eigenvalue weighted by atomic mass is 10.2. The van der Waals surface area contributed by atoms with Crippen molar-refractivity contribution in [2.24, 2.45) is 0 Å². The fraction of sp³-hybridized carbons (Fsp3) is 0.0909. The smallest absolute Gasteiger partial charge is 0.261 e. The van der Waals surface area contributed by atoms with Crippen LogP contribution in [0.1, 0.15) is 17.0 Å². The molecular formula is C11H6ClNO4S. The van der Waals surface area contributed by atoms with E-state index in [1.54, 1.807) is 6.07 Å². The molecule has 0 atom stereocenters. The van der Waals surface area contributed by atoms with Gasteiger partial charge in [0.1, 0.15) is 12.0 Å². The zero-order chi connectivity index (χ0) is 13.3. The Morgan fingerprint density at radius 3 is 2.72 bits per heavy atom. The highest BCUT2D eigenvalue weighted by Crippen LogP contribution is 2.25.